The van der Waals surface area contributed by atoms with E-state index in [1.165, 1.54) is 0 Å². The molecule has 0 aliphatic carbocycles. The number of ether oxygens (including phenoxy) is 1. The molecule has 1 unspecified atom stereocenters. The monoisotopic (exact) mass is 376 g/mol. The lowest BCUT2D eigenvalue weighted by molar-refractivity contribution is 0.280. The Balaban J connectivity index is 1.61. The maximum Gasteiger partial charge on any atom is 0.343 e. The first-order valence-electron chi connectivity index (χ1n) is 9.60. The molecule has 1 aliphatic heterocycles. The molecule has 1 aromatic heterocycles. The van der Waals surface area contributed by atoms with Crippen LogP contribution < -0.4 is 20.2 Å². The van der Waals surface area contributed by atoms with E-state index in [0.717, 1.165) is 35.6 Å². The van der Waals surface area contributed by atoms with E-state index in [2.05, 4.69) is 24.8 Å². The first kappa shape index (κ1) is 18.2. The second kappa shape index (κ2) is 7.43. The van der Waals surface area contributed by atoms with E-state index in [1.807, 2.05) is 60.5 Å². The third-order valence-electron chi connectivity index (χ3n) is 5.19. The molecule has 0 bridgehead atoms. The van der Waals surface area contributed by atoms with E-state index in [9.17, 15) is 4.79 Å². The number of anilines is 2. The fourth-order valence-electron chi connectivity index (χ4n) is 3.57. The van der Waals surface area contributed by atoms with Gasteiger partial charge in [-0.3, -0.25) is 0 Å². The van der Waals surface area contributed by atoms with Crippen molar-refractivity contribution in [3.8, 4) is 5.75 Å². The molecule has 28 heavy (non-hydrogen) atoms. The van der Waals surface area contributed by atoms with Gasteiger partial charge in [0.05, 0.1) is 11.3 Å². The number of benzene rings is 2. The van der Waals surface area contributed by atoms with Crippen LogP contribution in [0.2, 0.25) is 0 Å². The maximum atomic E-state index is 12.5. The van der Waals surface area contributed by atoms with Crippen LogP contribution in [0.15, 0.2) is 63.8 Å². The summed E-state index contributed by atoms with van der Waals surface area (Å²) < 4.78 is 11.5. The highest BCUT2D eigenvalue weighted by molar-refractivity contribution is 5.82. The fraction of sp³-hybridized carbons (Fsp3) is 0.261. The number of likely N-dealkylation sites (N-methyl/N-ethyl adjacent to an activating group) is 1. The van der Waals surface area contributed by atoms with Crippen LogP contribution in [0, 0.1) is 0 Å². The molecule has 2 heterocycles. The third kappa shape index (κ3) is 3.24. The Labute approximate surface area is 164 Å². The standard InChI is InChI=1S/C23H24N2O3/c1-4-25(5-2)18-12-10-16-14-17(23(26)28-21(16)15-18)11-13-22-24(3)19-8-6-7-9-20(19)27-22/h6-15,22H,4-5H2,1-3H3/b13-11+. The summed E-state index contributed by atoms with van der Waals surface area (Å²) >= 11 is 0. The van der Waals surface area contributed by atoms with Crippen LogP contribution in [-0.2, 0) is 0 Å². The Hall–Kier alpha value is -3.21. The molecule has 0 saturated carbocycles. The van der Waals surface area contributed by atoms with Crippen molar-refractivity contribution in [2.75, 3.05) is 29.9 Å². The van der Waals surface area contributed by atoms with Crippen LogP contribution in [0.1, 0.15) is 19.4 Å². The Morgan fingerprint density at radius 1 is 1.11 bits per heavy atom. The van der Waals surface area contributed by atoms with Gasteiger partial charge in [0.1, 0.15) is 11.3 Å². The summed E-state index contributed by atoms with van der Waals surface area (Å²) in [5.41, 5.74) is 2.86. The van der Waals surface area contributed by atoms with Gasteiger partial charge in [0.25, 0.3) is 0 Å². The zero-order valence-electron chi connectivity index (χ0n) is 16.4. The van der Waals surface area contributed by atoms with E-state index < -0.39 is 0 Å². The van der Waals surface area contributed by atoms with Crippen molar-refractivity contribution in [1.82, 2.24) is 0 Å². The van der Waals surface area contributed by atoms with Crippen LogP contribution >= 0.6 is 0 Å². The van der Waals surface area contributed by atoms with Gasteiger partial charge < -0.3 is 19.0 Å². The molecule has 1 atom stereocenters. The lowest BCUT2D eigenvalue weighted by Gasteiger charge is -2.21. The minimum Gasteiger partial charge on any atom is -0.465 e. The average Bonchev–Trinajstić information content (AvgIpc) is 3.03. The smallest absolute Gasteiger partial charge is 0.343 e. The summed E-state index contributed by atoms with van der Waals surface area (Å²) in [5.74, 6) is 0.842. The van der Waals surface area contributed by atoms with Crippen molar-refractivity contribution in [2.45, 2.75) is 20.1 Å². The molecule has 1 aliphatic rings. The molecule has 0 saturated heterocycles. The molecule has 144 valence electrons. The Morgan fingerprint density at radius 2 is 1.89 bits per heavy atom. The first-order chi connectivity index (χ1) is 13.6. The highest BCUT2D eigenvalue weighted by Crippen LogP contribution is 2.36. The van der Waals surface area contributed by atoms with E-state index in [0.29, 0.717) is 11.1 Å². The van der Waals surface area contributed by atoms with Crippen LogP contribution in [-0.4, -0.2) is 26.4 Å². The molecule has 0 spiro atoms. The van der Waals surface area contributed by atoms with Gasteiger partial charge in [-0.05, 0) is 56.3 Å². The highest BCUT2D eigenvalue weighted by Gasteiger charge is 2.25. The van der Waals surface area contributed by atoms with Gasteiger partial charge in [-0.15, -0.1) is 0 Å². The van der Waals surface area contributed by atoms with Crippen LogP contribution in [0.25, 0.3) is 17.0 Å². The topological polar surface area (TPSA) is 45.9 Å². The summed E-state index contributed by atoms with van der Waals surface area (Å²) in [6.45, 7) is 6.03. The summed E-state index contributed by atoms with van der Waals surface area (Å²) in [6, 6.07) is 15.7. The molecular weight excluding hydrogens is 352 g/mol. The van der Waals surface area contributed by atoms with Crippen molar-refractivity contribution >= 4 is 28.4 Å². The summed E-state index contributed by atoms with van der Waals surface area (Å²) in [4.78, 5) is 16.7. The summed E-state index contributed by atoms with van der Waals surface area (Å²) in [6.07, 6.45) is 3.40. The van der Waals surface area contributed by atoms with Gasteiger partial charge in [-0.25, -0.2) is 4.79 Å². The molecule has 0 N–H and O–H groups in total. The lowest BCUT2D eigenvalue weighted by atomic mass is 10.1. The minimum absolute atomic E-state index is 0.252. The molecule has 4 rings (SSSR count). The number of fused-ring (bicyclic) bond motifs is 2. The third-order valence-corrected chi connectivity index (χ3v) is 5.19. The molecule has 2 aromatic carbocycles. The molecule has 0 amide bonds. The number of hydrogen-bond acceptors (Lipinski definition) is 5. The molecule has 0 fully saturated rings. The Kier molecular flexibility index (Phi) is 4.82. The maximum absolute atomic E-state index is 12.5. The predicted octanol–water partition coefficient (Wildman–Crippen LogP) is 4.51. The number of nitrogens with zero attached hydrogens (tertiary/aromatic N) is 2. The van der Waals surface area contributed by atoms with Crippen molar-refractivity contribution in [1.29, 1.82) is 0 Å². The van der Waals surface area contributed by atoms with E-state index in [4.69, 9.17) is 9.15 Å². The predicted molar refractivity (Wildman–Crippen MR) is 114 cm³/mol. The number of rotatable bonds is 5. The van der Waals surface area contributed by atoms with E-state index >= 15 is 0 Å². The fourth-order valence-corrected chi connectivity index (χ4v) is 3.57. The second-order valence-electron chi connectivity index (χ2n) is 6.83. The van der Waals surface area contributed by atoms with Gasteiger partial charge in [-0.1, -0.05) is 12.1 Å². The molecule has 3 aromatic rings. The zero-order chi connectivity index (χ0) is 19.7. The SMILES string of the molecule is CCN(CC)c1ccc2cc(/C=C/C3Oc4ccccc4N3C)c(=O)oc2c1. The number of para-hydroxylation sites is 2. The van der Waals surface area contributed by atoms with Gasteiger partial charge in [0.15, 0.2) is 6.23 Å². The van der Waals surface area contributed by atoms with Crippen molar-refractivity contribution in [2.24, 2.45) is 0 Å². The summed E-state index contributed by atoms with van der Waals surface area (Å²) in [7, 11) is 1.97. The van der Waals surface area contributed by atoms with Gasteiger partial charge >= 0.3 is 5.63 Å². The average molecular weight is 376 g/mol. The molecule has 5 nitrogen and oxygen atoms in total. The van der Waals surface area contributed by atoms with Crippen molar-refractivity contribution in [3.63, 3.8) is 0 Å². The van der Waals surface area contributed by atoms with Crippen LogP contribution in [0.5, 0.6) is 5.75 Å². The number of hydrogen-bond donors (Lipinski definition) is 0. The zero-order valence-corrected chi connectivity index (χ0v) is 16.4. The summed E-state index contributed by atoms with van der Waals surface area (Å²) in [5, 5.41) is 0.902. The van der Waals surface area contributed by atoms with Crippen LogP contribution in [0.4, 0.5) is 11.4 Å². The minimum atomic E-state index is -0.349. The molecule has 5 heteroatoms. The Bertz CT molecular complexity index is 1080. The van der Waals surface area contributed by atoms with Crippen molar-refractivity contribution in [3.05, 3.63) is 70.6 Å². The molecule has 0 radical (unpaired) electrons. The first-order valence-corrected chi connectivity index (χ1v) is 9.60. The largest absolute Gasteiger partial charge is 0.465 e. The Morgan fingerprint density at radius 3 is 2.64 bits per heavy atom. The lowest BCUT2D eigenvalue weighted by Crippen LogP contribution is -2.28. The van der Waals surface area contributed by atoms with Gasteiger partial charge in [-0.2, -0.15) is 0 Å². The highest BCUT2D eigenvalue weighted by atomic mass is 16.5. The van der Waals surface area contributed by atoms with Crippen molar-refractivity contribution < 1.29 is 9.15 Å². The molecular formula is C23H24N2O3. The van der Waals surface area contributed by atoms with Gasteiger partial charge in [0, 0.05) is 37.3 Å². The quantitative estimate of drug-likeness (QED) is 0.613. The second-order valence-corrected chi connectivity index (χ2v) is 6.83. The van der Waals surface area contributed by atoms with Gasteiger partial charge in [0.2, 0.25) is 0 Å². The van der Waals surface area contributed by atoms with Crippen LogP contribution in [0.3, 0.4) is 0 Å². The van der Waals surface area contributed by atoms with E-state index in [1.54, 1.807) is 6.08 Å². The van der Waals surface area contributed by atoms with E-state index in [-0.39, 0.29) is 11.9 Å². The normalized spacial score (nSPS) is 15.8.